The second kappa shape index (κ2) is 7.96. The summed E-state index contributed by atoms with van der Waals surface area (Å²) in [6.45, 7) is 6.15. The maximum absolute atomic E-state index is 5.88. The number of rotatable bonds is 5. The van der Waals surface area contributed by atoms with Gasteiger partial charge in [0.15, 0.2) is 0 Å². The van der Waals surface area contributed by atoms with Gasteiger partial charge in [-0.1, -0.05) is 60.7 Å². The van der Waals surface area contributed by atoms with Crippen molar-refractivity contribution in [3.05, 3.63) is 78.1 Å². The maximum Gasteiger partial charge on any atom is 0.140 e. The van der Waals surface area contributed by atoms with Crippen LogP contribution in [0.25, 0.3) is 33.9 Å². The maximum atomic E-state index is 5.88. The van der Waals surface area contributed by atoms with Crippen LogP contribution in [0.15, 0.2) is 66.7 Å². The van der Waals surface area contributed by atoms with E-state index in [9.17, 15) is 0 Å². The minimum absolute atomic E-state index is 0.319. The molecule has 0 amide bonds. The molecule has 1 saturated heterocycles. The molecule has 0 unspecified atom stereocenters. The van der Waals surface area contributed by atoms with Crippen molar-refractivity contribution >= 4 is 0 Å². The number of nitrogens with one attached hydrogen (secondary N) is 1. The highest BCUT2D eigenvalue weighted by molar-refractivity contribution is 5.81. The number of benzene rings is 2. The summed E-state index contributed by atoms with van der Waals surface area (Å²) in [4.78, 5) is 8.71. The molecule has 3 heterocycles. The van der Waals surface area contributed by atoms with E-state index in [1.54, 1.807) is 0 Å². The number of hydrogen-bond donors (Lipinski definition) is 1. The highest BCUT2D eigenvalue weighted by Crippen LogP contribution is 2.35. The number of H-pyrrole nitrogens is 1. The average molecular weight is 398 g/mol. The molecule has 1 fully saturated rings. The Morgan fingerprint density at radius 2 is 1.70 bits per heavy atom. The summed E-state index contributed by atoms with van der Waals surface area (Å²) < 4.78 is 8.25. The topological polar surface area (TPSA) is 42.8 Å². The molecule has 2 aromatic carbocycles. The number of hydrogen-bond acceptors (Lipinski definition) is 2. The van der Waals surface area contributed by atoms with E-state index in [-0.39, 0.29) is 0 Å². The minimum atomic E-state index is 0.319. The van der Waals surface area contributed by atoms with Gasteiger partial charge in [0.25, 0.3) is 0 Å². The molecule has 4 heteroatoms. The molecule has 0 radical (unpaired) electrons. The van der Waals surface area contributed by atoms with Gasteiger partial charge in [0, 0.05) is 41.2 Å². The first-order valence-electron chi connectivity index (χ1n) is 10.7. The summed E-state index contributed by atoms with van der Waals surface area (Å²) in [5.41, 5.74) is 7.94. The molecule has 5 rings (SSSR count). The molecular formula is C26H27N3O. The highest BCUT2D eigenvalue weighted by atomic mass is 16.5. The van der Waals surface area contributed by atoms with Crippen LogP contribution >= 0.6 is 0 Å². The predicted molar refractivity (Wildman–Crippen MR) is 121 cm³/mol. The van der Waals surface area contributed by atoms with Crippen molar-refractivity contribution in [3.63, 3.8) is 0 Å². The predicted octanol–water partition coefficient (Wildman–Crippen LogP) is 6.01. The Bertz CT molecular complexity index is 1080. The number of aromatic nitrogens is 3. The van der Waals surface area contributed by atoms with Gasteiger partial charge in [-0.25, -0.2) is 4.98 Å². The highest BCUT2D eigenvalue weighted by Gasteiger charge is 2.22. The van der Waals surface area contributed by atoms with Crippen molar-refractivity contribution in [2.45, 2.75) is 39.3 Å². The van der Waals surface area contributed by atoms with Crippen molar-refractivity contribution in [3.8, 4) is 33.9 Å². The normalized spacial score (nSPS) is 16.3. The Kier molecular flexibility index (Phi) is 5.01. The fraction of sp³-hybridized carbons (Fsp3) is 0.269. The third-order valence-corrected chi connectivity index (χ3v) is 6.05. The zero-order valence-corrected chi connectivity index (χ0v) is 17.6. The van der Waals surface area contributed by atoms with Crippen LogP contribution < -0.4 is 0 Å². The van der Waals surface area contributed by atoms with Gasteiger partial charge in [-0.3, -0.25) is 0 Å². The lowest BCUT2D eigenvalue weighted by Crippen LogP contribution is -2.16. The molecular weight excluding hydrogens is 370 g/mol. The minimum Gasteiger partial charge on any atom is -0.376 e. The standard InChI is InChI=1S/C26H27N3O/c1-18-16-23(19(2)29(18)17-22-14-9-15-30-22)26-27-24(20-10-5-3-6-11-20)25(28-26)21-12-7-4-8-13-21/h3-8,10-13,16,22H,9,14-15,17H2,1-2H3,(H,27,28)/t22-/m0/s1. The Morgan fingerprint density at radius 1 is 1.00 bits per heavy atom. The lowest BCUT2D eigenvalue weighted by Gasteiger charge is -2.14. The number of aryl methyl sites for hydroxylation is 1. The monoisotopic (exact) mass is 397 g/mol. The first-order chi connectivity index (χ1) is 14.7. The van der Waals surface area contributed by atoms with Crippen molar-refractivity contribution in [2.24, 2.45) is 0 Å². The van der Waals surface area contributed by atoms with Crippen LogP contribution in [0.4, 0.5) is 0 Å². The van der Waals surface area contributed by atoms with Gasteiger partial charge in [0.05, 0.1) is 17.5 Å². The van der Waals surface area contributed by atoms with E-state index >= 15 is 0 Å². The Balaban J connectivity index is 1.59. The molecule has 1 aliphatic heterocycles. The molecule has 0 bridgehead atoms. The molecule has 4 aromatic rings. The van der Waals surface area contributed by atoms with Crippen LogP contribution in [0.2, 0.25) is 0 Å². The second-order valence-electron chi connectivity index (χ2n) is 8.07. The van der Waals surface area contributed by atoms with Crippen LogP contribution in [0.1, 0.15) is 24.2 Å². The number of nitrogens with zero attached hydrogens (tertiary/aromatic N) is 2. The fourth-order valence-electron chi connectivity index (χ4n) is 4.43. The van der Waals surface area contributed by atoms with Crippen molar-refractivity contribution in [1.82, 2.24) is 14.5 Å². The van der Waals surface area contributed by atoms with Gasteiger partial charge in [-0.05, 0) is 32.8 Å². The van der Waals surface area contributed by atoms with E-state index in [1.807, 2.05) is 12.1 Å². The molecule has 0 saturated carbocycles. The van der Waals surface area contributed by atoms with Crippen molar-refractivity contribution < 1.29 is 4.74 Å². The SMILES string of the molecule is Cc1cc(-c2nc(-c3ccccc3)c(-c3ccccc3)[nH]2)c(C)n1C[C@@H]1CCCO1. The Labute approximate surface area is 177 Å². The third kappa shape index (κ3) is 3.48. The largest absolute Gasteiger partial charge is 0.376 e. The van der Waals surface area contributed by atoms with Gasteiger partial charge in [0.1, 0.15) is 5.82 Å². The fourth-order valence-corrected chi connectivity index (χ4v) is 4.43. The van der Waals surface area contributed by atoms with Crippen molar-refractivity contribution in [2.75, 3.05) is 6.61 Å². The molecule has 30 heavy (non-hydrogen) atoms. The van der Waals surface area contributed by atoms with Crippen LogP contribution in [-0.2, 0) is 11.3 Å². The first-order valence-corrected chi connectivity index (χ1v) is 10.7. The van der Waals surface area contributed by atoms with Gasteiger partial charge in [-0.2, -0.15) is 0 Å². The summed E-state index contributed by atoms with van der Waals surface area (Å²) >= 11 is 0. The van der Waals surface area contributed by atoms with E-state index in [0.717, 1.165) is 59.9 Å². The number of ether oxygens (including phenoxy) is 1. The average Bonchev–Trinajstić information content (AvgIpc) is 3.51. The number of aromatic amines is 1. The van der Waals surface area contributed by atoms with Crippen LogP contribution in [0.5, 0.6) is 0 Å². The molecule has 0 aliphatic carbocycles. The van der Waals surface area contributed by atoms with Crippen molar-refractivity contribution in [1.29, 1.82) is 0 Å². The summed E-state index contributed by atoms with van der Waals surface area (Å²) in [6.07, 6.45) is 2.62. The Morgan fingerprint density at radius 3 is 2.37 bits per heavy atom. The smallest absolute Gasteiger partial charge is 0.140 e. The van der Waals surface area contributed by atoms with E-state index in [4.69, 9.17) is 9.72 Å². The second-order valence-corrected chi connectivity index (χ2v) is 8.07. The van der Waals surface area contributed by atoms with E-state index in [1.165, 1.54) is 11.4 Å². The Hall–Kier alpha value is -3.11. The van der Waals surface area contributed by atoms with Crippen LogP contribution in [0, 0.1) is 13.8 Å². The van der Waals surface area contributed by atoms with E-state index in [2.05, 4.69) is 78.0 Å². The van der Waals surface area contributed by atoms with Gasteiger partial charge in [0.2, 0.25) is 0 Å². The summed E-state index contributed by atoms with van der Waals surface area (Å²) in [5, 5.41) is 0. The molecule has 1 aliphatic rings. The molecule has 1 atom stereocenters. The summed E-state index contributed by atoms with van der Waals surface area (Å²) in [7, 11) is 0. The first kappa shape index (κ1) is 18.9. The van der Waals surface area contributed by atoms with Crippen LogP contribution in [0.3, 0.4) is 0 Å². The van der Waals surface area contributed by atoms with Gasteiger partial charge >= 0.3 is 0 Å². The van der Waals surface area contributed by atoms with Crippen LogP contribution in [-0.4, -0.2) is 27.2 Å². The third-order valence-electron chi connectivity index (χ3n) is 6.05. The lowest BCUT2D eigenvalue weighted by atomic mass is 10.1. The van der Waals surface area contributed by atoms with E-state index < -0.39 is 0 Å². The van der Waals surface area contributed by atoms with Gasteiger partial charge in [-0.15, -0.1) is 0 Å². The molecule has 152 valence electrons. The van der Waals surface area contributed by atoms with Gasteiger partial charge < -0.3 is 14.3 Å². The molecule has 4 nitrogen and oxygen atoms in total. The number of imidazole rings is 1. The molecule has 2 aromatic heterocycles. The van der Waals surface area contributed by atoms with E-state index in [0.29, 0.717) is 6.10 Å². The molecule has 0 spiro atoms. The summed E-state index contributed by atoms with van der Waals surface area (Å²) in [5.74, 6) is 0.916. The summed E-state index contributed by atoms with van der Waals surface area (Å²) in [6, 6.07) is 23.1. The molecule has 1 N–H and O–H groups in total. The lowest BCUT2D eigenvalue weighted by molar-refractivity contribution is 0.0962. The zero-order chi connectivity index (χ0) is 20.5. The zero-order valence-electron chi connectivity index (χ0n) is 17.6. The quantitative estimate of drug-likeness (QED) is 0.448.